The Morgan fingerprint density at radius 2 is 1.65 bits per heavy atom. The molecule has 20 heavy (non-hydrogen) atoms. The molecule has 0 N–H and O–H groups in total. The Morgan fingerprint density at radius 1 is 1.00 bits per heavy atom. The van der Waals surface area contributed by atoms with Crippen LogP contribution in [0.5, 0.6) is 0 Å². The molecule has 0 radical (unpaired) electrons. The third kappa shape index (κ3) is 1.68. The first-order chi connectivity index (χ1) is 9.55. The first-order valence-corrected chi connectivity index (χ1v) is 7.60. The van der Waals surface area contributed by atoms with Crippen molar-refractivity contribution < 1.29 is 8.42 Å². The lowest BCUT2D eigenvalue weighted by atomic mass is 9.97. The summed E-state index contributed by atoms with van der Waals surface area (Å²) in [7, 11) is -3.69. The van der Waals surface area contributed by atoms with Gasteiger partial charge in [-0.25, -0.2) is 8.42 Å². The number of hydrogen-bond acceptors (Lipinski definition) is 3. The zero-order valence-corrected chi connectivity index (χ0v) is 11.6. The third-order valence-electron chi connectivity index (χ3n) is 3.38. The minimum atomic E-state index is -3.69. The van der Waals surface area contributed by atoms with Gasteiger partial charge in [-0.1, -0.05) is 48.0 Å². The van der Waals surface area contributed by atoms with Crippen LogP contribution in [0.15, 0.2) is 58.3 Å². The second-order valence-electron chi connectivity index (χ2n) is 4.68. The van der Waals surface area contributed by atoms with Crippen molar-refractivity contribution in [3.63, 3.8) is 0 Å². The molecule has 1 aliphatic rings. The molecule has 0 saturated heterocycles. The molecule has 0 saturated carbocycles. The van der Waals surface area contributed by atoms with E-state index >= 15 is 0 Å². The van der Waals surface area contributed by atoms with E-state index in [1.54, 1.807) is 24.3 Å². The number of allylic oxidation sites excluding steroid dienone is 1. The minimum Gasteiger partial charge on any atom is -0.218 e. The van der Waals surface area contributed by atoms with Gasteiger partial charge in [-0.15, -0.1) is 0 Å². The Bertz CT molecular complexity index is 869. The molecule has 2 aromatic carbocycles. The molecule has 0 fully saturated rings. The van der Waals surface area contributed by atoms with Crippen LogP contribution >= 0.6 is 0 Å². The number of hydrogen-bond donors (Lipinski definition) is 0. The largest absolute Gasteiger partial charge is 0.218 e. The molecule has 0 unspecified atom stereocenters. The fraction of sp³-hybridized carbons (Fsp3) is 0.0625. The SMILES string of the molecule is Cc1ccc(C2=C(C#N)S(=O)(=O)c3ccccc32)cc1. The standard InChI is InChI=1S/C16H11NO2S/c1-11-6-8-12(9-7-11)16-13-4-2-3-5-14(13)20(18,19)15(16)10-17/h2-9H,1H3. The van der Waals surface area contributed by atoms with Crippen LogP contribution in [0.25, 0.3) is 5.57 Å². The molecule has 1 heterocycles. The Hall–Kier alpha value is -2.38. The minimum absolute atomic E-state index is 0.164. The van der Waals surface area contributed by atoms with Crippen molar-refractivity contribution in [2.75, 3.05) is 0 Å². The van der Waals surface area contributed by atoms with E-state index in [2.05, 4.69) is 0 Å². The number of fused-ring (bicyclic) bond motifs is 1. The van der Waals surface area contributed by atoms with E-state index in [9.17, 15) is 13.7 Å². The fourth-order valence-electron chi connectivity index (χ4n) is 2.40. The summed E-state index contributed by atoms with van der Waals surface area (Å²) in [5.41, 5.74) is 2.94. The highest BCUT2D eigenvalue weighted by Crippen LogP contribution is 2.42. The van der Waals surface area contributed by atoms with Gasteiger partial charge in [-0.05, 0) is 18.6 Å². The summed E-state index contributed by atoms with van der Waals surface area (Å²) in [6, 6.07) is 16.1. The van der Waals surface area contributed by atoms with E-state index in [0.717, 1.165) is 11.1 Å². The predicted molar refractivity (Wildman–Crippen MR) is 76.4 cm³/mol. The van der Waals surface area contributed by atoms with Gasteiger partial charge in [0.15, 0.2) is 4.91 Å². The maximum atomic E-state index is 12.4. The summed E-state index contributed by atoms with van der Waals surface area (Å²) >= 11 is 0. The first kappa shape index (κ1) is 12.6. The van der Waals surface area contributed by atoms with Gasteiger partial charge in [0, 0.05) is 11.1 Å². The van der Waals surface area contributed by atoms with Gasteiger partial charge >= 0.3 is 0 Å². The number of sulfone groups is 1. The normalized spacial score (nSPS) is 15.8. The zero-order valence-electron chi connectivity index (χ0n) is 10.8. The van der Waals surface area contributed by atoms with E-state index in [4.69, 9.17) is 0 Å². The van der Waals surface area contributed by atoms with Gasteiger partial charge in [0.25, 0.3) is 0 Å². The van der Waals surface area contributed by atoms with Crippen molar-refractivity contribution in [3.8, 4) is 6.07 Å². The molecule has 0 atom stereocenters. The van der Waals surface area contributed by atoms with E-state index in [-0.39, 0.29) is 9.80 Å². The lowest BCUT2D eigenvalue weighted by Crippen LogP contribution is -1.98. The lowest BCUT2D eigenvalue weighted by molar-refractivity contribution is 0.604. The Morgan fingerprint density at radius 3 is 2.30 bits per heavy atom. The molecule has 3 rings (SSSR count). The van der Waals surface area contributed by atoms with Crippen molar-refractivity contribution in [1.29, 1.82) is 5.26 Å². The highest BCUT2D eigenvalue weighted by atomic mass is 32.2. The van der Waals surface area contributed by atoms with Gasteiger partial charge in [0.1, 0.15) is 6.07 Å². The van der Waals surface area contributed by atoms with Crippen LogP contribution in [-0.4, -0.2) is 8.42 Å². The molecule has 0 aliphatic carbocycles. The molecule has 4 heteroatoms. The molecular weight excluding hydrogens is 270 g/mol. The predicted octanol–water partition coefficient (Wildman–Crippen LogP) is 3.07. The van der Waals surface area contributed by atoms with Gasteiger partial charge in [-0.3, -0.25) is 0 Å². The topological polar surface area (TPSA) is 57.9 Å². The van der Waals surface area contributed by atoms with Crippen LogP contribution in [0.1, 0.15) is 16.7 Å². The van der Waals surface area contributed by atoms with Crippen molar-refractivity contribution in [2.45, 2.75) is 11.8 Å². The maximum Gasteiger partial charge on any atom is 0.217 e. The van der Waals surface area contributed by atoms with Gasteiger partial charge in [0.05, 0.1) is 4.90 Å². The molecule has 0 bridgehead atoms. The van der Waals surface area contributed by atoms with Gasteiger partial charge in [0.2, 0.25) is 9.84 Å². The quantitative estimate of drug-likeness (QED) is 0.807. The molecule has 0 aromatic heterocycles. The molecule has 0 amide bonds. The summed E-state index contributed by atoms with van der Waals surface area (Å²) in [4.78, 5) is 0.0506. The van der Waals surface area contributed by atoms with Crippen molar-refractivity contribution in [2.24, 2.45) is 0 Å². The van der Waals surface area contributed by atoms with Crippen LogP contribution in [0.3, 0.4) is 0 Å². The average Bonchev–Trinajstić information content (AvgIpc) is 2.68. The number of rotatable bonds is 1. The first-order valence-electron chi connectivity index (χ1n) is 6.11. The van der Waals surface area contributed by atoms with Crippen LogP contribution in [-0.2, 0) is 9.84 Å². The highest BCUT2D eigenvalue weighted by Gasteiger charge is 2.35. The van der Waals surface area contributed by atoms with Gasteiger partial charge < -0.3 is 0 Å². The molecule has 0 spiro atoms. The molecule has 1 aliphatic heterocycles. The summed E-state index contributed by atoms with van der Waals surface area (Å²) < 4.78 is 24.8. The number of nitriles is 1. The Kier molecular flexibility index (Phi) is 2.73. The van der Waals surface area contributed by atoms with Gasteiger partial charge in [-0.2, -0.15) is 5.26 Å². The van der Waals surface area contributed by atoms with E-state index in [1.807, 2.05) is 37.3 Å². The smallest absolute Gasteiger partial charge is 0.217 e. The Balaban J connectivity index is 2.38. The molecule has 3 nitrogen and oxygen atoms in total. The van der Waals surface area contributed by atoms with Crippen LogP contribution in [0.2, 0.25) is 0 Å². The van der Waals surface area contributed by atoms with Crippen LogP contribution in [0.4, 0.5) is 0 Å². The van der Waals surface area contributed by atoms with E-state index in [0.29, 0.717) is 11.1 Å². The van der Waals surface area contributed by atoms with Crippen LogP contribution in [0, 0.1) is 18.3 Å². The number of nitrogens with zero attached hydrogens (tertiary/aromatic N) is 1. The van der Waals surface area contributed by atoms with E-state index in [1.165, 1.54) is 0 Å². The number of aryl methyl sites for hydroxylation is 1. The van der Waals surface area contributed by atoms with Crippen LogP contribution < -0.4 is 0 Å². The highest BCUT2D eigenvalue weighted by molar-refractivity contribution is 7.96. The number of benzene rings is 2. The summed E-state index contributed by atoms with van der Waals surface area (Å²) in [5, 5.41) is 9.27. The molecule has 2 aromatic rings. The summed E-state index contributed by atoms with van der Waals surface area (Å²) in [5.74, 6) is 0. The van der Waals surface area contributed by atoms with Crippen molar-refractivity contribution >= 4 is 15.4 Å². The van der Waals surface area contributed by atoms with Crippen molar-refractivity contribution in [1.82, 2.24) is 0 Å². The second kappa shape index (κ2) is 4.32. The maximum absolute atomic E-state index is 12.4. The van der Waals surface area contributed by atoms with E-state index < -0.39 is 9.84 Å². The average molecular weight is 281 g/mol. The monoisotopic (exact) mass is 281 g/mol. The second-order valence-corrected chi connectivity index (χ2v) is 6.54. The van der Waals surface area contributed by atoms with Crippen molar-refractivity contribution in [3.05, 3.63) is 70.1 Å². The fourth-order valence-corrected chi connectivity index (χ4v) is 3.95. The molecule has 98 valence electrons. The third-order valence-corrected chi connectivity index (χ3v) is 5.15. The Labute approximate surface area is 117 Å². The summed E-state index contributed by atoms with van der Waals surface area (Å²) in [6.45, 7) is 1.96. The molecular formula is C16H11NO2S. The summed E-state index contributed by atoms with van der Waals surface area (Å²) in [6.07, 6.45) is 0. The zero-order chi connectivity index (χ0) is 14.3. The lowest BCUT2D eigenvalue weighted by Gasteiger charge is -2.05.